The summed E-state index contributed by atoms with van der Waals surface area (Å²) >= 11 is 0. The van der Waals surface area contributed by atoms with Crippen molar-refractivity contribution in [2.75, 3.05) is 0 Å². The van der Waals surface area contributed by atoms with Gasteiger partial charge in [0, 0.05) is 0 Å². The topological polar surface area (TPSA) is 46.5 Å². The predicted octanol–water partition coefficient (Wildman–Crippen LogP) is -0.457. The van der Waals surface area contributed by atoms with Crippen LogP contribution in [0.2, 0.25) is 0 Å². The predicted molar refractivity (Wildman–Crippen MR) is 9.41 cm³/mol. The van der Waals surface area contributed by atoms with Crippen molar-refractivity contribution in [1.29, 1.82) is 0 Å². The van der Waals surface area contributed by atoms with Gasteiger partial charge in [-0.2, -0.15) is 5.26 Å². The molecule has 0 saturated heterocycles. The monoisotopic (exact) mass is 61.0 g/mol. The van der Waals surface area contributed by atoms with Crippen LogP contribution in [-0.2, 0) is 9.68 Å². The zero-order valence-corrected chi connectivity index (χ0v) is 1.76. The van der Waals surface area contributed by atoms with Gasteiger partial charge < -0.3 is 0 Å². The third-order valence-electron chi connectivity index (χ3n) is 0.0373. The van der Waals surface area contributed by atoms with Gasteiger partial charge in [0.2, 0.25) is 0 Å². The molecule has 0 bridgehead atoms. The molecule has 0 aromatic heterocycles. The van der Waals surface area contributed by atoms with Crippen molar-refractivity contribution in [1.82, 2.24) is 0 Å². The van der Waals surface area contributed by atoms with Gasteiger partial charge in [0.25, 0.3) is 0 Å². The summed E-state index contributed by atoms with van der Waals surface area (Å²) in [7, 11) is 0. The number of hydrogen-bond acceptors (Lipinski definition) is 3. The van der Waals surface area contributed by atoms with Gasteiger partial charge >= 0.3 is 6.47 Å². The van der Waals surface area contributed by atoms with Gasteiger partial charge in [0.1, 0.15) is 0 Å². The summed E-state index contributed by atoms with van der Waals surface area (Å²) in [6.07, 6.45) is 0. The fourth-order valence-corrected chi connectivity index (χ4v) is 0. The van der Waals surface area contributed by atoms with E-state index >= 15 is 0 Å². The van der Waals surface area contributed by atoms with E-state index in [2.05, 4.69) is 4.89 Å². The van der Waals surface area contributed by atoms with Crippen molar-refractivity contribution < 1.29 is 14.9 Å². The maximum absolute atomic E-state index is 8.58. The fraction of sp³-hybridized carbons (Fsp3) is 0. The zero-order valence-electron chi connectivity index (χ0n) is 1.76. The van der Waals surface area contributed by atoms with E-state index in [9.17, 15) is 0 Å². The molecule has 1 radical (unpaired) electrons. The van der Waals surface area contributed by atoms with Crippen molar-refractivity contribution >= 4 is 6.47 Å². The molecule has 0 rings (SSSR count). The Labute approximate surface area is 22.7 Å². The van der Waals surface area contributed by atoms with E-state index in [0.717, 1.165) is 6.47 Å². The van der Waals surface area contributed by atoms with Crippen LogP contribution in [0.1, 0.15) is 0 Å². The lowest BCUT2D eigenvalue weighted by atomic mass is 11.7. The molecule has 0 heterocycles. The molecule has 0 atom stereocenters. The van der Waals surface area contributed by atoms with Gasteiger partial charge in [0.05, 0.1) is 0 Å². The molecule has 3 heteroatoms. The van der Waals surface area contributed by atoms with Crippen molar-refractivity contribution in [3.63, 3.8) is 0 Å². The summed E-state index contributed by atoms with van der Waals surface area (Å²) in [5.41, 5.74) is 0. The normalized spacial score (nSPS) is 5.25. The summed E-state index contributed by atoms with van der Waals surface area (Å²) in [5.74, 6) is 0. The number of hydrogen-bond donors (Lipinski definition) is 1. The summed E-state index contributed by atoms with van der Waals surface area (Å²) in [4.78, 5) is 11.3. The van der Waals surface area contributed by atoms with Crippen molar-refractivity contribution in [3.8, 4) is 0 Å². The first-order chi connectivity index (χ1) is 1.91. The van der Waals surface area contributed by atoms with Crippen molar-refractivity contribution in [2.45, 2.75) is 0 Å². The summed E-state index contributed by atoms with van der Waals surface area (Å²) in [6, 6.07) is 0. The van der Waals surface area contributed by atoms with Gasteiger partial charge in [-0.1, -0.05) is 0 Å². The number of rotatable bonds is 1. The molecule has 0 aliphatic rings. The SMILES string of the molecule is O=[C]OO. The van der Waals surface area contributed by atoms with Crippen LogP contribution in [0.3, 0.4) is 0 Å². The first-order valence-corrected chi connectivity index (χ1v) is 0.591. The molecule has 0 aromatic carbocycles. The van der Waals surface area contributed by atoms with E-state index in [0.29, 0.717) is 0 Å². The summed E-state index contributed by atoms with van der Waals surface area (Å²) < 4.78 is 0. The quantitative estimate of drug-likeness (QED) is 0.329. The molecule has 23 valence electrons. The minimum absolute atomic E-state index is 0.736. The maximum Gasteiger partial charge on any atom is 0.452 e. The van der Waals surface area contributed by atoms with Gasteiger partial charge in [-0.05, 0) is 0 Å². The van der Waals surface area contributed by atoms with Crippen LogP contribution in [0.4, 0.5) is 0 Å². The smallest absolute Gasteiger partial charge is 0.288 e. The molecule has 0 aromatic rings. The van der Waals surface area contributed by atoms with E-state index < -0.39 is 0 Å². The highest BCUT2D eigenvalue weighted by Gasteiger charge is 1.54. The molecule has 0 aliphatic heterocycles. The Morgan fingerprint density at radius 2 is 2.25 bits per heavy atom. The van der Waals surface area contributed by atoms with E-state index in [4.69, 9.17) is 10.1 Å². The van der Waals surface area contributed by atoms with Crippen LogP contribution in [0, 0.1) is 0 Å². The second-order valence-electron chi connectivity index (χ2n) is 0.175. The molecular formula is CHO3. The molecule has 4 heavy (non-hydrogen) atoms. The van der Waals surface area contributed by atoms with Crippen molar-refractivity contribution in [3.05, 3.63) is 0 Å². The number of carbonyl (C=O) groups excluding carboxylic acids is 1. The van der Waals surface area contributed by atoms with E-state index in [1.165, 1.54) is 0 Å². The molecule has 0 spiro atoms. The van der Waals surface area contributed by atoms with Crippen LogP contribution in [-0.4, -0.2) is 11.7 Å². The Balaban J connectivity index is 2.30. The minimum Gasteiger partial charge on any atom is -0.288 e. The Morgan fingerprint density at radius 1 is 2.00 bits per heavy atom. The largest absolute Gasteiger partial charge is 0.452 e. The van der Waals surface area contributed by atoms with Crippen LogP contribution >= 0.6 is 0 Å². The lowest BCUT2D eigenvalue weighted by Crippen LogP contribution is -1.69. The highest BCUT2D eigenvalue weighted by Crippen LogP contribution is 1.34. The van der Waals surface area contributed by atoms with Crippen LogP contribution in [0.25, 0.3) is 0 Å². The molecule has 0 aliphatic carbocycles. The van der Waals surface area contributed by atoms with E-state index in [-0.39, 0.29) is 0 Å². The second-order valence-corrected chi connectivity index (χ2v) is 0.175. The molecular weight excluding hydrogens is 60.0 g/mol. The third kappa shape index (κ3) is 1.43. The average Bonchev–Trinajstić information content (AvgIpc) is 1.37. The van der Waals surface area contributed by atoms with Crippen LogP contribution in [0.5, 0.6) is 0 Å². The average molecular weight is 61.0 g/mol. The van der Waals surface area contributed by atoms with Gasteiger partial charge in [-0.15, -0.1) is 0 Å². The first-order valence-electron chi connectivity index (χ1n) is 0.591. The summed E-state index contributed by atoms with van der Waals surface area (Å²) in [6.45, 7) is 0.736. The molecule has 0 saturated carbocycles. The third-order valence-corrected chi connectivity index (χ3v) is 0.0373. The second kappa shape index (κ2) is 2.43. The molecule has 0 unspecified atom stereocenters. The lowest BCUT2D eigenvalue weighted by Gasteiger charge is -1.60. The molecule has 1 N–H and O–H groups in total. The molecule has 0 amide bonds. The lowest BCUT2D eigenvalue weighted by molar-refractivity contribution is -0.155. The summed E-state index contributed by atoms with van der Waals surface area (Å²) in [5, 5.41) is 6.95. The van der Waals surface area contributed by atoms with E-state index in [1.54, 1.807) is 0 Å². The van der Waals surface area contributed by atoms with Crippen LogP contribution < -0.4 is 0 Å². The standard InChI is InChI=1S/CHO3/c2-1-4-3/h3H. The van der Waals surface area contributed by atoms with Gasteiger partial charge in [0.15, 0.2) is 0 Å². The van der Waals surface area contributed by atoms with E-state index in [1.807, 2.05) is 0 Å². The molecule has 3 nitrogen and oxygen atoms in total. The van der Waals surface area contributed by atoms with Crippen LogP contribution in [0.15, 0.2) is 0 Å². The Hall–Kier alpha value is -0.570. The zero-order chi connectivity index (χ0) is 3.41. The van der Waals surface area contributed by atoms with Crippen molar-refractivity contribution in [2.24, 2.45) is 0 Å². The highest BCUT2D eigenvalue weighted by molar-refractivity contribution is 5.36. The Kier molecular flexibility index (Phi) is 2.08. The fourth-order valence-electron chi connectivity index (χ4n) is 0. The maximum atomic E-state index is 8.58. The molecule has 0 fully saturated rings. The highest BCUT2D eigenvalue weighted by atomic mass is 17.1. The minimum atomic E-state index is 0.736. The van der Waals surface area contributed by atoms with Gasteiger partial charge in [-0.3, -0.25) is 4.89 Å². The first kappa shape index (κ1) is 3.43. The van der Waals surface area contributed by atoms with Gasteiger partial charge in [-0.25, -0.2) is 4.79 Å². The Bertz CT molecular complexity index is 17.2. The Morgan fingerprint density at radius 3 is 2.25 bits per heavy atom.